The number of methoxy groups -OCH3 is 1. The van der Waals surface area contributed by atoms with Crippen molar-refractivity contribution in [1.82, 2.24) is 0 Å². The van der Waals surface area contributed by atoms with E-state index < -0.39 is 0 Å². The van der Waals surface area contributed by atoms with Crippen LogP contribution in [0, 0.1) is 5.82 Å². The lowest BCUT2D eigenvalue weighted by Gasteiger charge is -2.23. The standard InChI is InChI=1S/C16H15FN2O.CH4N2/c1-20-12-5-6-15-13(8-12)16(14(18)9-19-15)10-3-2-4-11(17)7-10;1-3-2/h2-8,19H,9,18H2,1H3;1-2H2. The third-order valence-corrected chi connectivity index (χ3v) is 3.40. The van der Waals surface area contributed by atoms with Gasteiger partial charge < -0.3 is 21.6 Å². The first-order chi connectivity index (χ1) is 11.1. The number of ether oxygens (including phenoxy) is 1. The van der Waals surface area contributed by atoms with Gasteiger partial charge >= 0.3 is 0 Å². The third-order valence-electron chi connectivity index (χ3n) is 3.40. The monoisotopic (exact) mass is 314 g/mol. The van der Waals surface area contributed by atoms with E-state index in [-0.39, 0.29) is 5.82 Å². The maximum Gasteiger partial charge on any atom is 0.123 e. The first kappa shape index (κ1) is 16.4. The third kappa shape index (κ3) is 3.60. The van der Waals surface area contributed by atoms with Crippen LogP contribution in [-0.4, -0.2) is 20.4 Å². The van der Waals surface area contributed by atoms with Crippen LogP contribution < -0.4 is 21.6 Å². The minimum absolute atomic E-state index is 0.272. The fraction of sp³-hybridized carbons (Fsp3) is 0.118. The maximum absolute atomic E-state index is 13.5. The molecule has 6 heteroatoms. The average molecular weight is 314 g/mol. The van der Waals surface area contributed by atoms with Crippen molar-refractivity contribution in [2.45, 2.75) is 0 Å². The number of anilines is 1. The number of nitrogens with one attached hydrogen (secondary N) is 1. The maximum atomic E-state index is 13.5. The molecule has 1 aliphatic rings. The number of benzene rings is 2. The van der Waals surface area contributed by atoms with E-state index in [1.807, 2.05) is 24.3 Å². The van der Waals surface area contributed by atoms with Crippen LogP contribution in [0.1, 0.15) is 11.1 Å². The molecule has 23 heavy (non-hydrogen) atoms. The largest absolute Gasteiger partial charge is 0.497 e. The Kier molecular flexibility index (Phi) is 5.19. The number of hydrazone groups is 1. The van der Waals surface area contributed by atoms with Crippen molar-refractivity contribution in [3.63, 3.8) is 0 Å². The number of rotatable bonds is 2. The molecule has 120 valence electrons. The van der Waals surface area contributed by atoms with Crippen LogP contribution in [0.3, 0.4) is 0 Å². The van der Waals surface area contributed by atoms with Crippen molar-refractivity contribution < 1.29 is 9.13 Å². The lowest BCUT2D eigenvalue weighted by Crippen LogP contribution is -2.20. The number of hydrogen-bond acceptors (Lipinski definition) is 5. The fourth-order valence-corrected chi connectivity index (χ4v) is 2.45. The van der Waals surface area contributed by atoms with Gasteiger partial charge in [-0.3, -0.25) is 0 Å². The van der Waals surface area contributed by atoms with Gasteiger partial charge in [-0.25, -0.2) is 4.39 Å². The summed E-state index contributed by atoms with van der Waals surface area (Å²) in [5.74, 6) is 4.83. The van der Waals surface area contributed by atoms with E-state index in [0.717, 1.165) is 28.1 Å². The molecule has 0 amide bonds. The SMILES string of the molecule is C=NN.COc1ccc2c(c1)C(c1cccc(F)c1)=C(N)CN2. The Balaban J connectivity index is 0.000000595. The molecule has 0 spiro atoms. The van der Waals surface area contributed by atoms with E-state index in [4.69, 9.17) is 10.5 Å². The smallest absolute Gasteiger partial charge is 0.123 e. The molecule has 0 saturated carbocycles. The van der Waals surface area contributed by atoms with Crippen molar-refractivity contribution >= 4 is 18.0 Å². The second-order valence-electron chi connectivity index (χ2n) is 4.86. The Morgan fingerprint density at radius 1 is 1.26 bits per heavy atom. The van der Waals surface area contributed by atoms with Crippen LogP contribution in [0.15, 0.2) is 53.3 Å². The molecule has 0 bridgehead atoms. The van der Waals surface area contributed by atoms with Crippen molar-refractivity contribution in [3.05, 3.63) is 65.1 Å². The van der Waals surface area contributed by atoms with Gasteiger partial charge in [0.25, 0.3) is 0 Å². The van der Waals surface area contributed by atoms with Crippen molar-refractivity contribution in [2.24, 2.45) is 16.7 Å². The van der Waals surface area contributed by atoms with E-state index in [2.05, 4.69) is 23.0 Å². The molecule has 5 N–H and O–H groups in total. The highest BCUT2D eigenvalue weighted by molar-refractivity contribution is 5.90. The summed E-state index contributed by atoms with van der Waals surface area (Å²) in [6.07, 6.45) is 0. The molecule has 0 fully saturated rings. The van der Waals surface area contributed by atoms with Crippen LogP contribution >= 0.6 is 0 Å². The van der Waals surface area contributed by atoms with Crippen molar-refractivity contribution in [2.75, 3.05) is 19.0 Å². The Labute approximate surface area is 134 Å². The minimum atomic E-state index is -0.272. The van der Waals surface area contributed by atoms with E-state index in [9.17, 15) is 4.39 Å². The van der Waals surface area contributed by atoms with Crippen LogP contribution in [0.2, 0.25) is 0 Å². The molecule has 5 nitrogen and oxygen atoms in total. The highest BCUT2D eigenvalue weighted by Crippen LogP contribution is 2.36. The predicted octanol–water partition coefficient (Wildman–Crippen LogP) is 2.54. The topological polar surface area (TPSA) is 85.7 Å². The van der Waals surface area contributed by atoms with Gasteiger partial charge in [-0.1, -0.05) is 12.1 Å². The summed E-state index contributed by atoms with van der Waals surface area (Å²) in [4.78, 5) is 0. The van der Waals surface area contributed by atoms with E-state index in [1.165, 1.54) is 12.1 Å². The zero-order valence-corrected chi connectivity index (χ0v) is 12.8. The summed E-state index contributed by atoms with van der Waals surface area (Å²) < 4.78 is 18.7. The number of nitrogens with zero attached hydrogens (tertiary/aromatic N) is 1. The Bertz CT molecular complexity index is 743. The van der Waals surface area contributed by atoms with E-state index >= 15 is 0 Å². The Morgan fingerprint density at radius 2 is 2.00 bits per heavy atom. The number of nitrogens with two attached hydrogens (primary N) is 2. The number of fused-ring (bicyclic) bond motifs is 1. The molecular formula is C17H19FN4O. The van der Waals surface area contributed by atoms with Gasteiger partial charge in [-0.2, -0.15) is 5.10 Å². The zero-order chi connectivity index (χ0) is 16.8. The van der Waals surface area contributed by atoms with Gasteiger partial charge in [0.2, 0.25) is 0 Å². The Morgan fingerprint density at radius 3 is 2.65 bits per heavy atom. The summed E-state index contributed by atoms with van der Waals surface area (Å²) >= 11 is 0. The predicted molar refractivity (Wildman–Crippen MR) is 91.8 cm³/mol. The molecule has 1 aliphatic heterocycles. The molecule has 0 atom stereocenters. The molecule has 2 aromatic rings. The van der Waals surface area contributed by atoms with Gasteiger partial charge in [0, 0.05) is 29.2 Å². The summed E-state index contributed by atoms with van der Waals surface area (Å²) in [5.41, 5.74) is 10.3. The van der Waals surface area contributed by atoms with Crippen molar-refractivity contribution in [3.8, 4) is 5.75 Å². The first-order valence-electron chi connectivity index (χ1n) is 6.93. The molecule has 1 heterocycles. The molecule has 0 radical (unpaired) electrons. The van der Waals surface area contributed by atoms with Gasteiger partial charge in [0.15, 0.2) is 0 Å². The molecule has 0 aliphatic carbocycles. The summed E-state index contributed by atoms with van der Waals surface area (Å²) in [6, 6.07) is 12.2. The van der Waals surface area contributed by atoms with E-state index in [0.29, 0.717) is 12.2 Å². The van der Waals surface area contributed by atoms with Gasteiger partial charge in [-0.05, 0) is 35.9 Å². The summed E-state index contributed by atoms with van der Waals surface area (Å²) in [6.45, 7) is 3.44. The van der Waals surface area contributed by atoms with E-state index in [1.54, 1.807) is 13.2 Å². The lowest BCUT2D eigenvalue weighted by atomic mass is 9.92. The second-order valence-corrected chi connectivity index (χ2v) is 4.86. The van der Waals surface area contributed by atoms with Gasteiger partial charge in [0.05, 0.1) is 13.7 Å². The molecule has 3 rings (SSSR count). The molecular weight excluding hydrogens is 295 g/mol. The fourth-order valence-electron chi connectivity index (χ4n) is 2.45. The minimum Gasteiger partial charge on any atom is -0.497 e. The van der Waals surface area contributed by atoms with Crippen LogP contribution in [0.4, 0.5) is 10.1 Å². The highest BCUT2D eigenvalue weighted by Gasteiger charge is 2.19. The number of hydrogen-bond donors (Lipinski definition) is 3. The van der Waals surface area contributed by atoms with Gasteiger partial charge in [-0.15, -0.1) is 0 Å². The quantitative estimate of drug-likeness (QED) is 0.452. The van der Waals surface area contributed by atoms with Gasteiger partial charge in [0.1, 0.15) is 11.6 Å². The normalized spacial score (nSPS) is 12.4. The van der Waals surface area contributed by atoms with Crippen LogP contribution in [0.5, 0.6) is 5.75 Å². The van der Waals surface area contributed by atoms with Crippen LogP contribution in [-0.2, 0) is 0 Å². The lowest BCUT2D eigenvalue weighted by molar-refractivity contribution is 0.414. The highest BCUT2D eigenvalue weighted by atomic mass is 19.1. The molecule has 0 aromatic heterocycles. The summed E-state index contributed by atoms with van der Waals surface area (Å²) in [5, 5.41) is 6.00. The molecule has 2 aromatic carbocycles. The second kappa shape index (κ2) is 7.31. The first-order valence-corrected chi connectivity index (χ1v) is 6.93. The van der Waals surface area contributed by atoms with Crippen molar-refractivity contribution in [1.29, 1.82) is 0 Å². The average Bonchev–Trinajstić information content (AvgIpc) is 2.55. The number of halogens is 1. The van der Waals surface area contributed by atoms with Crippen LogP contribution in [0.25, 0.3) is 5.57 Å². The molecule has 0 saturated heterocycles. The molecule has 0 unspecified atom stereocenters. The Hall–Kier alpha value is -3.02. The zero-order valence-electron chi connectivity index (χ0n) is 12.8. The summed E-state index contributed by atoms with van der Waals surface area (Å²) in [7, 11) is 1.62.